The van der Waals surface area contributed by atoms with E-state index >= 15 is 0 Å². The van der Waals surface area contributed by atoms with Crippen molar-refractivity contribution in [2.45, 2.75) is 0 Å². The molecular weight excluding hydrogens is 493 g/mol. The fourth-order valence-electron chi connectivity index (χ4n) is 3.40. The van der Waals surface area contributed by atoms with Crippen molar-refractivity contribution in [2.75, 3.05) is 19.0 Å². The van der Waals surface area contributed by atoms with Gasteiger partial charge in [-0.1, -0.05) is 0 Å². The second-order valence-electron chi connectivity index (χ2n) is 7.36. The first kappa shape index (κ1) is 22.6. The summed E-state index contributed by atoms with van der Waals surface area (Å²) in [5, 5.41) is 0. The maximum absolute atomic E-state index is 11.5. The number of rotatable bonds is 6. The number of nitrogens with zero attached hydrogens (tertiary/aromatic N) is 1. The zero-order chi connectivity index (χ0) is 22.7. The van der Waals surface area contributed by atoms with Gasteiger partial charge >= 0.3 is 194 Å². The van der Waals surface area contributed by atoms with E-state index in [-0.39, 0.29) is 0 Å². The minimum absolute atomic E-state index is 0.735. The number of hydrogen-bond acceptors (Lipinski definition) is 5. The Morgan fingerprint density at radius 1 is 0.812 bits per heavy atom. The van der Waals surface area contributed by atoms with E-state index in [4.69, 9.17) is 3.37 Å². The van der Waals surface area contributed by atoms with Crippen LogP contribution in [0.15, 0.2) is 91.0 Å². The van der Waals surface area contributed by atoms with Gasteiger partial charge in [0.1, 0.15) is 0 Å². The van der Waals surface area contributed by atoms with E-state index < -0.39 is 24.0 Å². The molecule has 1 heterocycles. The first-order chi connectivity index (χ1) is 15.3. The van der Waals surface area contributed by atoms with Crippen molar-refractivity contribution in [3.63, 3.8) is 0 Å². The van der Waals surface area contributed by atoms with E-state index in [2.05, 4.69) is 12.1 Å². The molecule has 32 heavy (non-hydrogen) atoms. The molecule has 7 heteroatoms. The van der Waals surface area contributed by atoms with Crippen molar-refractivity contribution >= 4 is 40.0 Å². The van der Waals surface area contributed by atoms with Crippen LogP contribution in [-0.4, -0.2) is 32.3 Å². The van der Waals surface area contributed by atoms with E-state index in [0.717, 1.165) is 36.8 Å². The summed E-state index contributed by atoms with van der Waals surface area (Å²) >= 11 is -2.58. The van der Waals surface area contributed by atoms with E-state index in [1.165, 1.54) is 0 Å². The normalized spacial score (nSPS) is 16.1. The van der Waals surface area contributed by atoms with Crippen LogP contribution in [0.4, 0.5) is 5.69 Å². The van der Waals surface area contributed by atoms with Gasteiger partial charge in [-0.15, -0.1) is 0 Å². The molecule has 4 rings (SSSR count). The standard InChI is InChI=1S/C25H22ClNO4Se/c1-27(2)22-16-13-19(14-17-22)12-15-21-18-25(20-8-4-3-5-9-20)32(31-26(28,29)30)24-11-7-6-10-23(21)24/h3-18H,1-2H3/b15-12+. The van der Waals surface area contributed by atoms with Gasteiger partial charge in [-0.3, -0.25) is 0 Å². The van der Waals surface area contributed by atoms with Crippen molar-refractivity contribution in [2.24, 2.45) is 0 Å². The third-order valence-corrected chi connectivity index (χ3v) is 10.2. The zero-order valence-electron chi connectivity index (χ0n) is 17.6. The van der Waals surface area contributed by atoms with Crippen molar-refractivity contribution in [1.82, 2.24) is 0 Å². The summed E-state index contributed by atoms with van der Waals surface area (Å²) < 4.78 is 41.2. The van der Waals surface area contributed by atoms with Gasteiger partial charge in [-0.25, -0.2) is 0 Å². The van der Waals surface area contributed by atoms with E-state index in [1.54, 1.807) is 0 Å². The fourth-order valence-corrected chi connectivity index (χ4v) is 8.47. The Bertz CT molecular complexity index is 1200. The molecule has 0 radical (unpaired) electrons. The van der Waals surface area contributed by atoms with Crippen LogP contribution in [0.25, 0.3) is 11.6 Å². The predicted molar refractivity (Wildman–Crippen MR) is 121 cm³/mol. The molecule has 0 bridgehead atoms. The van der Waals surface area contributed by atoms with E-state index in [1.807, 2.05) is 104 Å². The number of fused-ring (bicyclic) bond motifs is 1. The average Bonchev–Trinajstić information content (AvgIpc) is 2.78. The van der Waals surface area contributed by atoms with Gasteiger partial charge in [-0.2, -0.15) is 0 Å². The van der Waals surface area contributed by atoms with Gasteiger partial charge < -0.3 is 0 Å². The third-order valence-electron chi connectivity index (χ3n) is 4.95. The van der Waals surface area contributed by atoms with Crippen LogP contribution in [0.5, 0.6) is 0 Å². The van der Waals surface area contributed by atoms with Gasteiger partial charge in [0.15, 0.2) is 0 Å². The first-order valence-electron chi connectivity index (χ1n) is 9.86. The SMILES string of the molecule is CN(C)c1ccc(/C=C/C2=CC(c3ccccc3)=[Se](O[Cl+3]([O-])([O-])[O-])c3ccccc32)cc1. The Morgan fingerprint density at radius 2 is 1.47 bits per heavy atom. The van der Waals surface area contributed by atoms with Gasteiger partial charge in [0, 0.05) is 0 Å². The van der Waals surface area contributed by atoms with Crippen LogP contribution >= 0.6 is 0 Å². The molecule has 164 valence electrons. The quantitative estimate of drug-likeness (QED) is 0.454. The topological polar surface area (TPSA) is 81.7 Å². The average molecular weight is 515 g/mol. The number of allylic oxidation sites excluding steroid dienone is 3. The van der Waals surface area contributed by atoms with Gasteiger partial charge in [0.2, 0.25) is 0 Å². The second kappa shape index (κ2) is 9.53. The second-order valence-corrected chi connectivity index (χ2v) is 12.0. The van der Waals surface area contributed by atoms with Crippen molar-refractivity contribution in [1.29, 1.82) is 0 Å². The molecular formula is C25H22ClNO4Se. The van der Waals surface area contributed by atoms with E-state index in [0.29, 0.717) is 0 Å². The van der Waals surface area contributed by atoms with Crippen molar-refractivity contribution < 1.29 is 27.6 Å². The summed E-state index contributed by atoms with van der Waals surface area (Å²) in [5.74, 6) is 0. The van der Waals surface area contributed by atoms with Gasteiger partial charge in [-0.05, 0) is 0 Å². The van der Waals surface area contributed by atoms with E-state index in [9.17, 15) is 14.0 Å². The maximum atomic E-state index is 11.5. The third kappa shape index (κ3) is 5.26. The minimum atomic E-state index is -4.56. The Kier molecular flexibility index (Phi) is 6.74. The van der Waals surface area contributed by atoms with Crippen LogP contribution in [0, 0.1) is 10.2 Å². The molecule has 3 aromatic rings. The van der Waals surface area contributed by atoms with Crippen LogP contribution in [0.1, 0.15) is 16.7 Å². The zero-order valence-corrected chi connectivity index (χ0v) is 20.1. The predicted octanol–water partition coefficient (Wildman–Crippen LogP) is 0.778. The molecule has 0 aliphatic carbocycles. The number of benzene rings is 3. The Balaban J connectivity index is 1.82. The summed E-state index contributed by atoms with van der Waals surface area (Å²) in [7, 11) is -0.557. The summed E-state index contributed by atoms with van der Waals surface area (Å²) in [6.45, 7) is 0. The molecule has 1 atom stereocenters. The molecule has 0 spiro atoms. The summed E-state index contributed by atoms with van der Waals surface area (Å²) in [6.07, 6.45) is 5.97. The molecule has 5 nitrogen and oxygen atoms in total. The molecule has 0 amide bonds. The van der Waals surface area contributed by atoms with Crippen LogP contribution < -0.4 is 23.3 Å². The summed E-state index contributed by atoms with van der Waals surface area (Å²) in [6, 6.07) is 25.2. The molecule has 0 saturated carbocycles. The summed E-state index contributed by atoms with van der Waals surface area (Å²) in [5.41, 5.74) is 4.81. The van der Waals surface area contributed by atoms with Crippen LogP contribution in [-0.2, 0) is 3.37 Å². The van der Waals surface area contributed by atoms with Crippen molar-refractivity contribution in [3.05, 3.63) is 108 Å². The molecule has 0 N–H and O–H groups in total. The van der Waals surface area contributed by atoms with Crippen LogP contribution in [0.3, 0.4) is 0 Å². The molecule has 0 fully saturated rings. The molecule has 0 aromatic heterocycles. The van der Waals surface area contributed by atoms with Crippen molar-refractivity contribution in [3.8, 4) is 0 Å². The summed E-state index contributed by atoms with van der Waals surface area (Å²) in [4.78, 5) is 2.04. The van der Waals surface area contributed by atoms with Gasteiger partial charge in [0.25, 0.3) is 0 Å². The number of halogens is 1. The first-order valence-corrected chi connectivity index (χ1v) is 13.5. The Morgan fingerprint density at radius 3 is 2.12 bits per heavy atom. The molecule has 1 aliphatic rings. The Hall–Kier alpha value is -2.54. The monoisotopic (exact) mass is 515 g/mol. The molecule has 1 unspecified atom stereocenters. The fraction of sp³-hybridized carbons (Fsp3) is 0.0800. The molecule has 3 aromatic carbocycles. The number of anilines is 1. The Labute approximate surface area is 194 Å². The number of hydrogen-bond donors (Lipinski definition) is 0. The molecule has 1 aliphatic heterocycles. The van der Waals surface area contributed by atoms with Gasteiger partial charge in [0.05, 0.1) is 0 Å². The molecule has 0 saturated heterocycles. The van der Waals surface area contributed by atoms with Crippen LogP contribution in [0.2, 0.25) is 0 Å².